The van der Waals surface area contributed by atoms with Gasteiger partial charge in [-0.1, -0.05) is 41.9 Å². The van der Waals surface area contributed by atoms with Crippen LogP contribution >= 0.6 is 22.9 Å². The molecule has 0 saturated carbocycles. The van der Waals surface area contributed by atoms with Crippen LogP contribution in [0.25, 0.3) is 0 Å². The van der Waals surface area contributed by atoms with Gasteiger partial charge in [-0.15, -0.1) is 11.3 Å². The number of nitrogens with zero attached hydrogens (tertiary/aromatic N) is 4. The molecule has 0 saturated heterocycles. The molecule has 0 spiro atoms. The third-order valence-corrected chi connectivity index (χ3v) is 6.22. The van der Waals surface area contributed by atoms with E-state index in [4.69, 9.17) is 16.3 Å². The van der Waals surface area contributed by atoms with E-state index in [0.29, 0.717) is 41.0 Å². The first-order valence-electron chi connectivity index (χ1n) is 10.1. The Bertz CT molecular complexity index is 1190. The average Bonchev–Trinajstić information content (AvgIpc) is 3.39. The lowest BCUT2D eigenvalue weighted by Gasteiger charge is -2.15. The highest BCUT2D eigenvalue weighted by Crippen LogP contribution is 2.23. The Kier molecular flexibility index (Phi) is 6.87. The number of halogens is 1. The van der Waals surface area contributed by atoms with Crippen molar-refractivity contribution in [2.75, 3.05) is 7.05 Å². The van der Waals surface area contributed by atoms with Crippen molar-refractivity contribution in [1.82, 2.24) is 19.7 Å². The van der Waals surface area contributed by atoms with Crippen molar-refractivity contribution in [2.45, 2.75) is 26.6 Å². The van der Waals surface area contributed by atoms with Gasteiger partial charge in [0, 0.05) is 30.4 Å². The normalized spacial score (nSPS) is 10.8. The molecule has 0 aliphatic rings. The van der Waals surface area contributed by atoms with Crippen LogP contribution in [-0.2, 0) is 19.7 Å². The Morgan fingerprint density at radius 2 is 1.88 bits per heavy atom. The summed E-state index contributed by atoms with van der Waals surface area (Å²) in [4.78, 5) is 19.8. The number of thiazole rings is 1. The third-order valence-electron chi connectivity index (χ3n) is 4.85. The monoisotopic (exact) mass is 466 g/mol. The van der Waals surface area contributed by atoms with Gasteiger partial charge >= 0.3 is 0 Å². The van der Waals surface area contributed by atoms with Crippen molar-refractivity contribution in [2.24, 2.45) is 0 Å². The Labute approximate surface area is 196 Å². The van der Waals surface area contributed by atoms with Crippen molar-refractivity contribution in [3.8, 4) is 5.75 Å². The van der Waals surface area contributed by atoms with E-state index in [-0.39, 0.29) is 5.91 Å². The lowest BCUT2D eigenvalue weighted by Crippen LogP contribution is -2.25. The number of amides is 1. The first kappa shape index (κ1) is 22.0. The molecular formula is C24H23ClN4O2S. The summed E-state index contributed by atoms with van der Waals surface area (Å²) in [6.45, 7) is 3.32. The van der Waals surface area contributed by atoms with Gasteiger partial charge in [-0.05, 0) is 36.8 Å². The molecule has 0 aliphatic heterocycles. The quantitative estimate of drug-likeness (QED) is 0.358. The van der Waals surface area contributed by atoms with Gasteiger partial charge in [0.05, 0.1) is 18.4 Å². The van der Waals surface area contributed by atoms with Crippen LogP contribution in [0, 0.1) is 6.92 Å². The van der Waals surface area contributed by atoms with E-state index in [9.17, 15) is 4.79 Å². The van der Waals surface area contributed by atoms with E-state index < -0.39 is 0 Å². The molecule has 2 aromatic carbocycles. The Hall–Kier alpha value is -3.16. The maximum atomic E-state index is 13.0. The number of aryl methyl sites for hydroxylation is 1. The molecule has 0 bridgehead atoms. The van der Waals surface area contributed by atoms with Crippen molar-refractivity contribution in [3.63, 3.8) is 0 Å². The maximum Gasteiger partial charge on any atom is 0.265 e. The van der Waals surface area contributed by atoms with Crippen molar-refractivity contribution in [3.05, 3.63) is 98.7 Å². The fourth-order valence-corrected chi connectivity index (χ4v) is 4.35. The van der Waals surface area contributed by atoms with Crippen LogP contribution in [-0.4, -0.2) is 32.6 Å². The summed E-state index contributed by atoms with van der Waals surface area (Å²) in [6, 6.07) is 17.3. The second-order valence-electron chi connectivity index (χ2n) is 7.46. The van der Waals surface area contributed by atoms with Gasteiger partial charge in [0.25, 0.3) is 5.91 Å². The number of aromatic nitrogens is 3. The van der Waals surface area contributed by atoms with Crippen LogP contribution in [0.5, 0.6) is 5.75 Å². The van der Waals surface area contributed by atoms with E-state index >= 15 is 0 Å². The Morgan fingerprint density at radius 1 is 1.12 bits per heavy atom. The lowest BCUT2D eigenvalue weighted by molar-refractivity contribution is 0.0789. The van der Waals surface area contributed by atoms with Gasteiger partial charge in [0.15, 0.2) is 0 Å². The lowest BCUT2D eigenvalue weighted by atomic mass is 10.2. The molecule has 4 aromatic rings. The molecule has 0 atom stereocenters. The van der Waals surface area contributed by atoms with Crippen LogP contribution in [0.2, 0.25) is 5.02 Å². The summed E-state index contributed by atoms with van der Waals surface area (Å²) >= 11 is 7.26. The summed E-state index contributed by atoms with van der Waals surface area (Å²) < 4.78 is 7.64. The SMILES string of the molecule is Cc1nc(COc2ccc(Cl)cc2)sc1C(=O)N(C)Cc1cnn(Cc2ccccc2)c1. The highest BCUT2D eigenvalue weighted by atomic mass is 35.5. The first-order chi connectivity index (χ1) is 15.5. The molecule has 32 heavy (non-hydrogen) atoms. The van der Waals surface area contributed by atoms with Gasteiger partial charge in [0.1, 0.15) is 22.2 Å². The topological polar surface area (TPSA) is 60.2 Å². The van der Waals surface area contributed by atoms with Gasteiger partial charge in [0.2, 0.25) is 0 Å². The summed E-state index contributed by atoms with van der Waals surface area (Å²) in [6.07, 6.45) is 3.78. The zero-order valence-corrected chi connectivity index (χ0v) is 19.4. The van der Waals surface area contributed by atoms with E-state index in [0.717, 1.165) is 10.6 Å². The second kappa shape index (κ2) is 9.97. The summed E-state index contributed by atoms with van der Waals surface area (Å²) in [5.41, 5.74) is 2.87. The first-order valence-corrected chi connectivity index (χ1v) is 11.3. The number of hydrogen-bond donors (Lipinski definition) is 0. The molecule has 0 aliphatic carbocycles. The number of benzene rings is 2. The standard InChI is InChI=1S/C24H23ClN4O2S/c1-17-23(32-22(27-17)16-31-21-10-8-20(25)9-11-21)24(30)28(2)13-19-12-26-29(15-19)14-18-6-4-3-5-7-18/h3-12,15H,13-14,16H2,1-2H3. The minimum absolute atomic E-state index is 0.0615. The number of ether oxygens (including phenoxy) is 1. The highest BCUT2D eigenvalue weighted by molar-refractivity contribution is 7.13. The molecule has 4 rings (SSSR count). The van der Waals surface area contributed by atoms with Crippen LogP contribution in [0.15, 0.2) is 67.0 Å². The van der Waals surface area contributed by atoms with Gasteiger partial charge in [-0.25, -0.2) is 4.98 Å². The molecule has 164 valence electrons. The van der Waals surface area contributed by atoms with Crippen molar-refractivity contribution < 1.29 is 9.53 Å². The number of carbonyl (C=O) groups is 1. The van der Waals surface area contributed by atoms with E-state index in [1.54, 1.807) is 42.4 Å². The molecular weight excluding hydrogens is 444 g/mol. The van der Waals surface area contributed by atoms with E-state index in [2.05, 4.69) is 22.2 Å². The number of hydrogen-bond acceptors (Lipinski definition) is 5. The molecule has 0 fully saturated rings. The molecule has 1 amide bonds. The molecule has 2 heterocycles. The average molecular weight is 467 g/mol. The third kappa shape index (κ3) is 5.55. The van der Waals surface area contributed by atoms with Crippen LogP contribution in [0.1, 0.15) is 31.5 Å². The van der Waals surface area contributed by atoms with Gasteiger partial charge in [-0.3, -0.25) is 9.48 Å². The summed E-state index contributed by atoms with van der Waals surface area (Å²) in [5.74, 6) is 0.647. The predicted octanol–water partition coefficient (Wildman–Crippen LogP) is 5.20. The zero-order valence-electron chi connectivity index (χ0n) is 17.9. The zero-order chi connectivity index (χ0) is 22.5. The number of carbonyl (C=O) groups excluding carboxylic acids is 1. The van der Waals surface area contributed by atoms with E-state index in [1.165, 1.54) is 16.9 Å². The second-order valence-corrected chi connectivity index (χ2v) is 8.98. The fourth-order valence-electron chi connectivity index (χ4n) is 3.25. The minimum Gasteiger partial charge on any atom is -0.486 e. The molecule has 6 nitrogen and oxygen atoms in total. The fraction of sp³-hybridized carbons (Fsp3) is 0.208. The number of rotatable bonds is 8. The predicted molar refractivity (Wildman–Crippen MR) is 126 cm³/mol. The molecule has 0 N–H and O–H groups in total. The van der Waals surface area contributed by atoms with Gasteiger partial charge in [-0.2, -0.15) is 5.10 Å². The molecule has 0 radical (unpaired) electrons. The van der Waals surface area contributed by atoms with Gasteiger partial charge < -0.3 is 9.64 Å². The van der Waals surface area contributed by atoms with Crippen LogP contribution in [0.4, 0.5) is 0 Å². The van der Waals surface area contributed by atoms with Crippen LogP contribution < -0.4 is 4.74 Å². The Balaban J connectivity index is 1.36. The molecule has 8 heteroatoms. The molecule has 2 aromatic heterocycles. The summed E-state index contributed by atoms with van der Waals surface area (Å²) in [5, 5.41) is 5.83. The maximum absolute atomic E-state index is 13.0. The summed E-state index contributed by atoms with van der Waals surface area (Å²) in [7, 11) is 1.79. The van der Waals surface area contributed by atoms with Crippen molar-refractivity contribution in [1.29, 1.82) is 0 Å². The van der Waals surface area contributed by atoms with Crippen molar-refractivity contribution >= 4 is 28.8 Å². The highest BCUT2D eigenvalue weighted by Gasteiger charge is 2.20. The Morgan fingerprint density at radius 3 is 2.62 bits per heavy atom. The minimum atomic E-state index is -0.0615. The smallest absolute Gasteiger partial charge is 0.265 e. The van der Waals surface area contributed by atoms with Crippen LogP contribution in [0.3, 0.4) is 0 Å². The molecule has 0 unspecified atom stereocenters. The largest absolute Gasteiger partial charge is 0.486 e. The van der Waals surface area contributed by atoms with E-state index in [1.807, 2.05) is 36.0 Å².